The molecule has 1 fully saturated rings. The fourth-order valence-corrected chi connectivity index (χ4v) is 3.51. The topological polar surface area (TPSA) is 78.7 Å². The van der Waals surface area contributed by atoms with Crippen molar-refractivity contribution < 1.29 is 14.7 Å². The molecule has 1 aliphatic rings. The second-order valence-corrected chi connectivity index (χ2v) is 7.20. The number of piperazine rings is 1. The predicted octanol–water partition coefficient (Wildman–Crippen LogP) is 2.08. The summed E-state index contributed by atoms with van der Waals surface area (Å²) in [5.74, 6) is -0.991. The molecule has 26 heavy (non-hydrogen) atoms. The van der Waals surface area contributed by atoms with E-state index in [4.69, 9.17) is 5.11 Å². The van der Waals surface area contributed by atoms with Gasteiger partial charge in [0.15, 0.2) is 0 Å². The Morgan fingerprint density at radius 2 is 1.92 bits per heavy atom. The minimum absolute atomic E-state index is 0.0532. The first-order valence-corrected chi connectivity index (χ1v) is 9.32. The van der Waals surface area contributed by atoms with E-state index in [1.807, 2.05) is 17.0 Å². The number of nitrogens with zero attached hydrogens (tertiary/aromatic N) is 4. The number of hydrogen-bond acceptors (Lipinski definition) is 4. The lowest BCUT2D eigenvalue weighted by Crippen LogP contribution is -2.48. The van der Waals surface area contributed by atoms with E-state index < -0.39 is 5.97 Å². The van der Waals surface area contributed by atoms with Gasteiger partial charge in [-0.25, -0.2) is 0 Å². The number of aliphatic carboxylic acids is 1. The lowest BCUT2D eigenvalue weighted by Gasteiger charge is -2.34. The fraction of sp³-hybridized carbons (Fsp3) is 0.389. The van der Waals surface area contributed by atoms with Gasteiger partial charge >= 0.3 is 5.97 Å². The lowest BCUT2D eigenvalue weighted by molar-refractivity contribution is -0.137. The fourth-order valence-electron chi connectivity index (χ4n) is 3.06. The van der Waals surface area contributed by atoms with Crippen molar-refractivity contribution >= 4 is 27.8 Å². The molecule has 0 saturated carbocycles. The van der Waals surface area contributed by atoms with Crippen molar-refractivity contribution in [3.8, 4) is 0 Å². The SMILES string of the molecule is O=C(O)CCn1nccc1C(=O)N1CCN(Cc2cccc(Br)c2)CC1. The molecule has 1 saturated heterocycles. The Bertz CT molecular complexity index is 784. The summed E-state index contributed by atoms with van der Waals surface area (Å²) in [5.41, 5.74) is 1.69. The number of benzene rings is 1. The van der Waals surface area contributed by atoms with Crippen molar-refractivity contribution in [1.82, 2.24) is 19.6 Å². The van der Waals surface area contributed by atoms with Crippen molar-refractivity contribution in [2.45, 2.75) is 19.5 Å². The number of halogens is 1. The van der Waals surface area contributed by atoms with E-state index >= 15 is 0 Å². The van der Waals surface area contributed by atoms with Gasteiger partial charge in [-0.1, -0.05) is 28.1 Å². The molecule has 3 rings (SSSR count). The Morgan fingerprint density at radius 3 is 2.62 bits per heavy atom. The van der Waals surface area contributed by atoms with Crippen LogP contribution in [0.5, 0.6) is 0 Å². The quantitative estimate of drug-likeness (QED) is 0.773. The monoisotopic (exact) mass is 420 g/mol. The van der Waals surface area contributed by atoms with Crippen LogP contribution in [0.1, 0.15) is 22.5 Å². The van der Waals surface area contributed by atoms with Crippen molar-refractivity contribution in [1.29, 1.82) is 0 Å². The van der Waals surface area contributed by atoms with Crippen LogP contribution < -0.4 is 0 Å². The van der Waals surface area contributed by atoms with Gasteiger partial charge in [0.2, 0.25) is 0 Å². The molecular weight excluding hydrogens is 400 g/mol. The molecule has 0 bridgehead atoms. The van der Waals surface area contributed by atoms with Gasteiger partial charge in [0, 0.05) is 43.4 Å². The average molecular weight is 421 g/mol. The summed E-state index contributed by atoms with van der Waals surface area (Å²) in [4.78, 5) is 27.6. The molecule has 0 aliphatic carbocycles. The second-order valence-electron chi connectivity index (χ2n) is 6.28. The number of rotatable bonds is 6. The van der Waals surface area contributed by atoms with Crippen LogP contribution in [0.25, 0.3) is 0 Å². The third kappa shape index (κ3) is 4.70. The molecule has 138 valence electrons. The molecule has 2 aromatic rings. The summed E-state index contributed by atoms with van der Waals surface area (Å²) in [6.07, 6.45) is 1.49. The van der Waals surface area contributed by atoms with Gasteiger partial charge in [-0.05, 0) is 23.8 Å². The molecule has 0 spiro atoms. The molecule has 0 unspecified atom stereocenters. The van der Waals surface area contributed by atoms with Crippen LogP contribution in [0.2, 0.25) is 0 Å². The van der Waals surface area contributed by atoms with E-state index in [-0.39, 0.29) is 18.9 Å². The van der Waals surface area contributed by atoms with Crippen LogP contribution in [0.15, 0.2) is 41.0 Å². The van der Waals surface area contributed by atoms with Crippen LogP contribution in [0, 0.1) is 0 Å². The summed E-state index contributed by atoms with van der Waals surface area (Å²) in [7, 11) is 0. The van der Waals surface area contributed by atoms with Gasteiger partial charge in [-0.15, -0.1) is 0 Å². The largest absolute Gasteiger partial charge is 0.481 e. The molecule has 0 atom stereocenters. The van der Waals surface area contributed by atoms with Crippen LogP contribution in [-0.4, -0.2) is 62.7 Å². The zero-order valence-electron chi connectivity index (χ0n) is 14.3. The summed E-state index contributed by atoms with van der Waals surface area (Å²) in [6, 6.07) is 9.89. The Hall–Kier alpha value is -2.19. The third-order valence-electron chi connectivity index (χ3n) is 4.43. The Kier molecular flexibility index (Phi) is 6.05. The van der Waals surface area contributed by atoms with Gasteiger partial charge in [0.1, 0.15) is 5.69 Å². The van der Waals surface area contributed by atoms with Crippen LogP contribution in [-0.2, 0) is 17.9 Å². The maximum Gasteiger partial charge on any atom is 0.305 e. The number of carboxylic acids is 1. The highest BCUT2D eigenvalue weighted by Crippen LogP contribution is 2.15. The first-order chi connectivity index (χ1) is 12.5. The molecule has 8 heteroatoms. The van der Waals surface area contributed by atoms with Crippen molar-refractivity contribution in [2.75, 3.05) is 26.2 Å². The standard InChI is InChI=1S/C18H21BrN4O3/c19-15-3-1-2-14(12-15)13-21-8-10-22(11-9-21)18(26)16-4-6-20-23(16)7-5-17(24)25/h1-4,6,12H,5,7-11,13H2,(H,24,25). The summed E-state index contributed by atoms with van der Waals surface area (Å²) < 4.78 is 2.54. The number of aryl methyl sites for hydroxylation is 1. The van der Waals surface area contributed by atoms with E-state index in [1.165, 1.54) is 10.2 Å². The molecule has 1 aromatic heterocycles. The average Bonchev–Trinajstić information content (AvgIpc) is 3.08. The molecular formula is C18H21BrN4O3. The minimum atomic E-state index is -0.903. The number of carboxylic acid groups (broad SMARTS) is 1. The van der Waals surface area contributed by atoms with Gasteiger partial charge in [0.25, 0.3) is 5.91 Å². The summed E-state index contributed by atoms with van der Waals surface area (Å²) >= 11 is 3.49. The summed E-state index contributed by atoms with van der Waals surface area (Å²) in [6.45, 7) is 3.97. The number of carbonyl (C=O) groups excluding carboxylic acids is 1. The highest BCUT2D eigenvalue weighted by Gasteiger charge is 2.24. The Balaban J connectivity index is 1.55. The van der Waals surface area contributed by atoms with E-state index in [1.54, 1.807) is 12.3 Å². The third-order valence-corrected chi connectivity index (χ3v) is 4.92. The van der Waals surface area contributed by atoms with E-state index in [0.717, 1.165) is 24.1 Å². The molecule has 1 aliphatic heterocycles. The van der Waals surface area contributed by atoms with E-state index in [2.05, 4.69) is 38.1 Å². The first kappa shape index (κ1) is 18.6. The zero-order chi connectivity index (χ0) is 18.5. The first-order valence-electron chi connectivity index (χ1n) is 8.52. The van der Waals surface area contributed by atoms with Gasteiger partial charge in [0.05, 0.1) is 13.0 Å². The second kappa shape index (κ2) is 8.46. The highest BCUT2D eigenvalue weighted by molar-refractivity contribution is 9.10. The molecule has 1 amide bonds. The number of carbonyl (C=O) groups is 2. The van der Waals surface area contributed by atoms with Crippen molar-refractivity contribution in [3.63, 3.8) is 0 Å². The number of aromatic nitrogens is 2. The number of hydrogen-bond donors (Lipinski definition) is 1. The van der Waals surface area contributed by atoms with Crippen LogP contribution in [0.4, 0.5) is 0 Å². The normalized spacial score (nSPS) is 15.2. The van der Waals surface area contributed by atoms with Crippen molar-refractivity contribution in [3.05, 3.63) is 52.3 Å². The molecule has 0 radical (unpaired) electrons. The lowest BCUT2D eigenvalue weighted by atomic mass is 10.2. The van der Waals surface area contributed by atoms with E-state index in [9.17, 15) is 9.59 Å². The minimum Gasteiger partial charge on any atom is -0.481 e. The predicted molar refractivity (Wildman–Crippen MR) is 99.8 cm³/mol. The Morgan fingerprint density at radius 1 is 1.15 bits per heavy atom. The maximum absolute atomic E-state index is 12.7. The smallest absolute Gasteiger partial charge is 0.305 e. The molecule has 7 nitrogen and oxygen atoms in total. The Labute approximate surface area is 160 Å². The van der Waals surface area contributed by atoms with Crippen LogP contribution >= 0.6 is 15.9 Å². The summed E-state index contributed by atoms with van der Waals surface area (Å²) in [5, 5.41) is 12.9. The molecule has 2 heterocycles. The zero-order valence-corrected chi connectivity index (χ0v) is 15.9. The molecule has 1 N–H and O–H groups in total. The maximum atomic E-state index is 12.7. The van der Waals surface area contributed by atoms with Gasteiger partial charge in [-0.3, -0.25) is 19.2 Å². The van der Waals surface area contributed by atoms with E-state index in [0.29, 0.717) is 18.8 Å². The van der Waals surface area contributed by atoms with Crippen molar-refractivity contribution in [2.24, 2.45) is 0 Å². The highest BCUT2D eigenvalue weighted by atomic mass is 79.9. The number of amides is 1. The molecule has 1 aromatic carbocycles. The van der Waals surface area contributed by atoms with Gasteiger partial charge in [-0.2, -0.15) is 5.10 Å². The van der Waals surface area contributed by atoms with Crippen LogP contribution in [0.3, 0.4) is 0 Å². The van der Waals surface area contributed by atoms with Gasteiger partial charge < -0.3 is 10.0 Å².